The van der Waals surface area contributed by atoms with Crippen LogP contribution >= 0.6 is 23.4 Å². The molecule has 1 heterocycles. The van der Waals surface area contributed by atoms with Crippen molar-refractivity contribution in [2.45, 2.75) is 10.9 Å². The first-order valence-electron chi connectivity index (χ1n) is 10.2. The first-order valence-corrected chi connectivity index (χ1v) is 11.6. The fraction of sp³-hybridized carbons (Fsp3) is 0.0417. The molecule has 0 bridgehead atoms. The molecule has 11 heteroatoms. The van der Waals surface area contributed by atoms with Gasteiger partial charge in [-0.25, -0.2) is 14.8 Å². The van der Waals surface area contributed by atoms with E-state index in [-0.39, 0.29) is 23.0 Å². The summed E-state index contributed by atoms with van der Waals surface area (Å²) in [6.07, 6.45) is 2.81. The number of nitrogens with zero attached hydrogens (tertiary/aromatic N) is 3. The second-order valence-electron chi connectivity index (χ2n) is 7.17. The fourth-order valence-corrected chi connectivity index (χ4v) is 3.89. The van der Waals surface area contributed by atoms with E-state index in [2.05, 4.69) is 31.0 Å². The lowest BCUT2D eigenvalue weighted by Crippen LogP contribution is -2.21. The average Bonchev–Trinajstić information content (AvgIpc) is 3.39. The zero-order valence-electron chi connectivity index (χ0n) is 18.0. The summed E-state index contributed by atoms with van der Waals surface area (Å²) < 4.78 is 13.0. The summed E-state index contributed by atoms with van der Waals surface area (Å²) in [7, 11) is 0. The van der Waals surface area contributed by atoms with E-state index in [1.54, 1.807) is 30.3 Å². The summed E-state index contributed by atoms with van der Waals surface area (Å²) >= 11 is 7.53. The molecule has 8 nitrogen and oxygen atoms in total. The summed E-state index contributed by atoms with van der Waals surface area (Å²) in [6, 6.07) is 17.3. The van der Waals surface area contributed by atoms with E-state index in [9.17, 15) is 14.0 Å². The maximum atomic E-state index is 13.0. The number of carbonyl (C=O) groups excluding carboxylic acids is 2. The van der Waals surface area contributed by atoms with Crippen molar-refractivity contribution in [3.63, 3.8) is 0 Å². The van der Waals surface area contributed by atoms with Crippen molar-refractivity contribution in [2.24, 2.45) is 5.10 Å². The van der Waals surface area contributed by atoms with Gasteiger partial charge in [0.2, 0.25) is 0 Å². The van der Waals surface area contributed by atoms with Crippen LogP contribution in [0.1, 0.15) is 31.8 Å². The summed E-state index contributed by atoms with van der Waals surface area (Å²) in [5, 5.41) is 14.2. The van der Waals surface area contributed by atoms with Crippen LogP contribution in [0.15, 0.2) is 83.3 Å². The quantitative estimate of drug-likeness (QED) is 0.178. The molecule has 0 atom stereocenters. The smallest absolute Gasteiger partial charge is 0.273 e. The topological polar surface area (TPSA) is 112 Å². The zero-order valence-corrected chi connectivity index (χ0v) is 19.6. The van der Waals surface area contributed by atoms with Crippen molar-refractivity contribution in [1.82, 2.24) is 20.6 Å². The number of aromatic nitrogens is 3. The van der Waals surface area contributed by atoms with Crippen LogP contribution in [0.4, 0.5) is 10.1 Å². The maximum absolute atomic E-state index is 13.0. The molecule has 2 amide bonds. The standard InChI is InChI=1S/C24H18ClFN6O2S/c25-18-6-9-21(20(11-18)23(34)31-28-12-15-4-7-19(26)8-5-15)30-22(33)17-3-1-2-16(10-17)13-35-24-27-14-29-32-24/h1-12,14H,13H2,(H,30,33)(H,31,34)(H,27,29,32)/b28-12+. The predicted octanol–water partition coefficient (Wildman–Crippen LogP) is 4.91. The Balaban J connectivity index is 1.44. The van der Waals surface area contributed by atoms with Crippen LogP contribution in [0.3, 0.4) is 0 Å². The molecule has 0 aliphatic heterocycles. The summed E-state index contributed by atoms with van der Waals surface area (Å²) in [5.74, 6) is -0.734. The molecular weight excluding hydrogens is 491 g/mol. The van der Waals surface area contributed by atoms with Gasteiger partial charge in [-0.15, -0.1) is 0 Å². The minimum Gasteiger partial charge on any atom is -0.321 e. The van der Waals surface area contributed by atoms with Crippen LogP contribution < -0.4 is 10.7 Å². The molecule has 0 saturated heterocycles. The molecule has 0 saturated carbocycles. The number of thioether (sulfide) groups is 1. The minimum absolute atomic E-state index is 0.138. The SMILES string of the molecule is O=C(Nc1ccc(Cl)cc1C(=O)N/N=C/c1ccc(F)cc1)c1cccc(CSc2ncn[nH]2)c1. The molecule has 3 aromatic carbocycles. The molecule has 3 N–H and O–H groups in total. The van der Waals surface area contributed by atoms with Crippen LogP contribution in [0, 0.1) is 5.82 Å². The number of carbonyl (C=O) groups is 2. The van der Waals surface area contributed by atoms with Gasteiger partial charge in [0.15, 0.2) is 5.16 Å². The Morgan fingerprint density at radius 2 is 1.91 bits per heavy atom. The normalized spacial score (nSPS) is 10.9. The molecule has 176 valence electrons. The number of hydrogen-bond acceptors (Lipinski definition) is 6. The number of aromatic amines is 1. The number of anilines is 1. The Morgan fingerprint density at radius 3 is 2.69 bits per heavy atom. The minimum atomic E-state index is -0.571. The van der Waals surface area contributed by atoms with Crippen LogP contribution in [-0.4, -0.2) is 33.2 Å². The lowest BCUT2D eigenvalue weighted by atomic mass is 10.1. The average molecular weight is 509 g/mol. The number of benzene rings is 3. The molecule has 35 heavy (non-hydrogen) atoms. The first-order chi connectivity index (χ1) is 17.0. The number of amides is 2. The summed E-state index contributed by atoms with van der Waals surface area (Å²) in [4.78, 5) is 29.7. The van der Waals surface area contributed by atoms with Crippen LogP contribution in [0.25, 0.3) is 0 Å². The number of hydrazone groups is 1. The Morgan fingerprint density at radius 1 is 1.09 bits per heavy atom. The third kappa shape index (κ3) is 6.75. The molecular formula is C24H18ClFN6O2S. The number of rotatable bonds is 8. The highest BCUT2D eigenvalue weighted by Gasteiger charge is 2.15. The number of hydrogen-bond donors (Lipinski definition) is 3. The fourth-order valence-electron chi connectivity index (χ4n) is 3.00. The van der Waals surface area contributed by atoms with E-state index in [1.807, 2.05) is 6.07 Å². The van der Waals surface area contributed by atoms with Crippen molar-refractivity contribution in [3.05, 3.63) is 106 Å². The molecule has 0 fully saturated rings. The van der Waals surface area contributed by atoms with Crippen LogP contribution in [0.5, 0.6) is 0 Å². The molecule has 0 aliphatic rings. The van der Waals surface area contributed by atoms with Crippen LogP contribution in [-0.2, 0) is 5.75 Å². The molecule has 0 aliphatic carbocycles. The third-order valence-corrected chi connectivity index (χ3v) is 5.86. The van der Waals surface area contributed by atoms with E-state index in [1.165, 1.54) is 54.6 Å². The second-order valence-corrected chi connectivity index (χ2v) is 8.57. The van der Waals surface area contributed by atoms with Crippen molar-refractivity contribution >= 4 is 47.1 Å². The molecule has 1 aromatic heterocycles. The van der Waals surface area contributed by atoms with Crippen molar-refractivity contribution in [1.29, 1.82) is 0 Å². The number of halogens is 2. The van der Waals surface area contributed by atoms with Gasteiger partial charge in [-0.05, 0) is 53.6 Å². The van der Waals surface area contributed by atoms with E-state index < -0.39 is 5.91 Å². The van der Waals surface area contributed by atoms with Gasteiger partial charge in [0.1, 0.15) is 12.1 Å². The predicted molar refractivity (Wildman–Crippen MR) is 133 cm³/mol. The Hall–Kier alpha value is -4.02. The van der Waals surface area contributed by atoms with Crippen molar-refractivity contribution in [3.8, 4) is 0 Å². The largest absolute Gasteiger partial charge is 0.321 e. The monoisotopic (exact) mass is 508 g/mol. The van der Waals surface area contributed by atoms with Gasteiger partial charge in [0.05, 0.1) is 17.5 Å². The first kappa shape index (κ1) is 24.1. The molecule has 0 unspecified atom stereocenters. The van der Waals surface area contributed by atoms with E-state index in [0.717, 1.165) is 5.56 Å². The lowest BCUT2D eigenvalue weighted by molar-refractivity contribution is 0.0956. The Labute approximate surface area is 209 Å². The van der Waals surface area contributed by atoms with E-state index in [4.69, 9.17) is 11.6 Å². The molecule has 4 aromatic rings. The van der Waals surface area contributed by atoms with Gasteiger partial charge < -0.3 is 5.32 Å². The summed E-state index contributed by atoms with van der Waals surface area (Å²) in [6.45, 7) is 0. The van der Waals surface area contributed by atoms with Crippen molar-refractivity contribution in [2.75, 3.05) is 5.32 Å². The van der Waals surface area contributed by atoms with Gasteiger partial charge in [0, 0.05) is 16.3 Å². The summed E-state index contributed by atoms with van der Waals surface area (Å²) in [5.41, 5.74) is 4.75. The van der Waals surface area contributed by atoms with Crippen LogP contribution in [0.2, 0.25) is 5.02 Å². The zero-order chi connectivity index (χ0) is 24.6. The van der Waals surface area contributed by atoms with Gasteiger partial charge in [-0.2, -0.15) is 10.2 Å². The van der Waals surface area contributed by atoms with Gasteiger partial charge in [-0.3, -0.25) is 14.7 Å². The maximum Gasteiger partial charge on any atom is 0.273 e. The van der Waals surface area contributed by atoms with E-state index >= 15 is 0 Å². The third-order valence-electron chi connectivity index (χ3n) is 4.68. The number of H-pyrrole nitrogens is 1. The van der Waals surface area contributed by atoms with Gasteiger partial charge in [-0.1, -0.05) is 47.6 Å². The molecule has 0 radical (unpaired) electrons. The Bertz CT molecular complexity index is 1360. The Kier molecular flexibility index (Phi) is 7.86. The van der Waals surface area contributed by atoms with Crippen molar-refractivity contribution < 1.29 is 14.0 Å². The van der Waals surface area contributed by atoms with E-state index in [0.29, 0.717) is 27.1 Å². The second kappa shape index (κ2) is 11.4. The highest BCUT2D eigenvalue weighted by atomic mass is 35.5. The number of nitrogens with one attached hydrogen (secondary N) is 3. The van der Waals surface area contributed by atoms with Gasteiger partial charge >= 0.3 is 0 Å². The highest BCUT2D eigenvalue weighted by molar-refractivity contribution is 7.98. The molecule has 0 spiro atoms. The molecule has 4 rings (SSSR count). The van der Waals surface area contributed by atoms with Gasteiger partial charge in [0.25, 0.3) is 11.8 Å². The highest BCUT2D eigenvalue weighted by Crippen LogP contribution is 2.23. The lowest BCUT2D eigenvalue weighted by Gasteiger charge is -2.11.